The molecule has 0 heterocycles. The minimum Gasteiger partial charge on any atom is -0.374 e. The van der Waals surface area contributed by atoms with Gasteiger partial charge in [0.15, 0.2) is 0 Å². The van der Waals surface area contributed by atoms with Crippen LogP contribution in [0.15, 0.2) is 24.3 Å². The summed E-state index contributed by atoms with van der Waals surface area (Å²) in [4.78, 5) is 13.2. The molecule has 16 heavy (non-hydrogen) atoms. The zero-order chi connectivity index (χ0) is 12.0. The summed E-state index contributed by atoms with van der Waals surface area (Å²) in [6.07, 6.45) is 0.500. The van der Waals surface area contributed by atoms with Gasteiger partial charge in [-0.2, -0.15) is 0 Å². The maximum absolute atomic E-state index is 11.1. The molecule has 0 aromatic heterocycles. The summed E-state index contributed by atoms with van der Waals surface area (Å²) in [7, 11) is 3.62. The molecule has 3 N–H and O–H groups in total. The minimum absolute atomic E-state index is 0.0572. The van der Waals surface area contributed by atoms with Gasteiger partial charge in [-0.1, -0.05) is 12.1 Å². The highest BCUT2D eigenvalue weighted by molar-refractivity contribution is 5.76. The molecule has 1 amide bonds. The summed E-state index contributed by atoms with van der Waals surface area (Å²) in [5.41, 5.74) is 7.77. The topological polar surface area (TPSA) is 58.4 Å². The fourth-order valence-electron chi connectivity index (χ4n) is 1.44. The van der Waals surface area contributed by atoms with E-state index in [1.54, 1.807) is 7.05 Å². The van der Waals surface area contributed by atoms with E-state index in [2.05, 4.69) is 10.2 Å². The molecule has 0 aliphatic rings. The van der Waals surface area contributed by atoms with Crippen LogP contribution in [0.3, 0.4) is 0 Å². The highest BCUT2D eigenvalue weighted by atomic mass is 16.1. The molecule has 0 aliphatic carbocycles. The number of nitrogens with zero attached hydrogens (tertiary/aromatic N) is 1. The molecule has 0 saturated heterocycles. The maximum atomic E-state index is 11.1. The van der Waals surface area contributed by atoms with Gasteiger partial charge in [-0.15, -0.1) is 0 Å². The van der Waals surface area contributed by atoms with Crippen molar-refractivity contribution in [1.82, 2.24) is 5.32 Å². The van der Waals surface area contributed by atoms with Gasteiger partial charge in [0.25, 0.3) is 0 Å². The second kappa shape index (κ2) is 6.12. The van der Waals surface area contributed by atoms with Crippen LogP contribution in [0, 0.1) is 0 Å². The molecule has 1 aromatic rings. The van der Waals surface area contributed by atoms with E-state index in [1.807, 2.05) is 31.3 Å². The Morgan fingerprint density at radius 3 is 2.88 bits per heavy atom. The number of rotatable bonds is 5. The fraction of sp³-hybridized carbons (Fsp3) is 0.417. The molecule has 0 atom stereocenters. The summed E-state index contributed by atoms with van der Waals surface area (Å²) in [5, 5.41) is 2.61. The molecule has 1 rings (SSSR count). The van der Waals surface area contributed by atoms with Crippen molar-refractivity contribution >= 4 is 11.6 Å². The van der Waals surface area contributed by atoms with Gasteiger partial charge in [-0.25, -0.2) is 0 Å². The first-order chi connectivity index (χ1) is 7.67. The quantitative estimate of drug-likeness (QED) is 0.770. The number of benzene rings is 1. The van der Waals surface area contributed by atoms with Crippen LogP contribution in [0.25, 0.3) is 0 Å². The first-order valence-electron chi connectivity index (χ1n) is 5.38. The SMILES string of the molecule is CNC(=O)CCN(C)c1cccc(CN)c1. The maximum Gasteiger partial charge on any atom is 0.221 e. The molecule has 4 heteroatoms. The van der Waals surface area contributed by atoms with Crippen LogP contribution in [0.1, 0.15) is 12.0 Å². The van der Waals surface area contributed by atoms with E-state index in [0.29, 0.717) is 19.5 Å². The predicted molar refractivity (Wildman–Crippen MR) is 66.3 cm³/mol. The summed E-state index contributed by atoms with van der Waals surface area (Å²) < 4.78 is 0. The molecule has 88 valence electrons. The van der Waals surface area contributed by atoms with Crippen molar-refractivity contribution in [2.45, 2.75) is 13.0 Å². The molecule has 0 bridgehead atoms. The molecule has 4 nitrogen and oxygen atoms in total. The van der Waals surface area contributed by atoms with E-state index in [4.69, 9.17) is 5.73 Å². The Kier molecular flexibility index (Phi) is 4.79. The van der Waals surface area contributed by atoms with Gasteiger partial charge in [-0.3, -0.25) is 4.79 Å². The van der Waals surface area contributed by atoms with Gasteiger partial charge in [0.05, 0.1) is 0 Å². The van der Waals surface area contributed by atoms with Crippen molar-refractivity contribution in [3.05, 3.63) is 29.8 Å². The zero-order valence-electron chi connectivity index (χ0n) is 9.86. The number of nitrogens with one attached hydrogen (secondary N) is 1. The number of nitrogens with two attached hydrogens (primary N) is 1. The summed E-state index contributed by atoms with van der Waals surface area (Å²) in [6, 6.07) is 8.04. The molecule has 0 aliphatic heterocycles. The predicted octanol–water partition coefficient (Wildman–Crippen LogP) is 0.718. The Morgan fingerprint density at radius 1 is 1.50 bits per heavy atom. The Morgan fingerprint density at radius 2 is 2.25 bits per heavy atom. The number of amides is 1. The normalized spacial score (nSPS) is 9.94. The van der Waals surface area contributed by atoms with Crippen LogP contribution < -0.4 is 16.0 Å². The van der Waals surface area contributed by atoms with Crippen LogP contribution in [-0.4, -0.2) is 26.5 Å². The molecule has 0 radical (unpaired) electrons. The van der Waals surface area contributed by atoms with Crippen LogP contribution in [0.4, 0.5) is 5.69 Å². The molecular weight excluding hydrogens is 202 g/mol. The number of anilines is 1. The standard InChI is InChI=1S/C12H19N3O/c1-14-12(16)6-7-15(2)11-5-3-4-10(8-11)9-13/h3-5,8H,6-7,9,13H2,1-2H3,(H,14,16). The Labute approximate surface area is 96.4 Å². The second-order valence-electron chi connectivity index (χ2n) is 3.72. The lowest BCUT2D eigenvalue weighted by Gasteiger charge is -2.19. The fourth-order valence-corrected chi connectivity index (χ4v) is 1.44. The monoisotopic (exact) mass is 221 g/mol. The Hall–Kier alpha value is -1.55. The van der Waals surface area contributed by atoms with Crippen LogP contribution in [0.5, 0.6) is 0 Å². The molecule has 0 unspecified atom stereocenters. The number of carbonyl (C=O) groups excluding carboxylic acids is 1. The van der Waals surface area contributed by atoms with Crippen molar-refractivity contribution in [3.63, 3.8) is 0 Å². The van der Waals surface area contributed by atoms with Crippen LogP contribution in [-0.2, 0) is 11.3 Å². The van der Waals surface area contributed by atoms with Crippen molar-refractivity contribution in [2.24, 2.45) is 5.73 Å². The lowest BCUT2D eigenvalue weighted by atomic mass is 10.2. The second-order valence-corrected chi connectivity index (χ2v) is 3.72. The highest BCUT2D eigenvalue weighted by Gasteiger charge is 2.04. The van der Waals surface area contributed by atoms with Gasteiger partial charge in [0, 0.05) is 39.3 Å². The Balaban J connectivity index is 2.58. The van der Waals surface area contributed by atoms with Crippen molar-refractivity contribution < 1.29 is 4.79 Å². The third-order valence-corrected chi connectivity index (χ3v) is 2.54. The van der Waals surface area contributed by atoms with Crippen molar-refractivity contribution in [2.75, 3.05) is 25.5 Å². The lowest BCUT2D eigenvalue weighted by molar-refractivity contribution is -0.120. The van der Waals surface area contributed by atoms with Gasteiger partial charge < -0.3 is 16.0 Å². The smallest absolute Gasteiger partial charge is 0.221 e. The van der Waals surface area contributed by atoms with E-state index in [0.717, 1.165) is 11.3 Å². The van der Waals surface area contributed by atoms with Crippen molar-refractivity contribution in [1.29, 1.82) is 0 Å². The third kappa shape index (κ3) is 3.55. The average molecular weight is 221 g/mol. The summed E-state index contributed by atoms with van der Waals surface area (Å²) in [5.74, 6) is 0.0572. The molecule has 0 spiro atoms. The number of hydrogen-bond donors (Lipinski definition) is 2. The van der Waals surface area contributed by atoms with E-state index < -0.39 is 0 Å². The van der Waals surface area contributed by atoms with Crippen molar-refractivity contribution in [3.8, 4) is 0 Å². The van der Waals surface area contributed by atoms with E-state index in [-0.39, 0.29) is 5.91 Å². The molecular formula is C12H19N3O. The highest BCUT2D eigenvalue weighted by Crippen LogP contribution is 2.14. The molecule has 0 saturated carbocycles. The largest absolute Gasteiger partial charge is 0.374 e. The van der Waals surface area contributed by atoms with Gasteiger partial charge >= 0.3 is 0 Å². The molecule has 1 aromatic carbocycles. The van der Waals surface area contributed by atoms with E-state index in [1.165, 1.54) is 0 Å². The number of hydrogen-bond acceptors (Lipinski definition) is 3. The Bertz CT molecular complexity index is 352. The summed E-state index contributed by atoms with van der Waals surface area (Å²) in [6.45, 7) is 1.24. The van der Waals surface area contributed by atoms with Crippen LogP contribution in [0.2, 0.25) is 0 Å². The average Bonchev–Trinajstić information content (AvgIpc) is 2.35. The number of carbonyl (C=O) groups is 1. The summed E-state index contributed by atoms with van der Waals surface area (Å²) >= 11 is 0. The van der Waals surface area contributed by atoms with Gasteiger partial charge in [-0.05, 0) is 17.7 Å². The first kappa shape index (κ1) is 12.5. The van der Waals surface area contributed by atoms with Gasteiger partial charge in [0.1, 0.15) is 0 Å². The van der Waals surface area contributed by atoms with E-state index >= 15 is 0 Å². The third-order valence-electron chi connectivity index (χ3n) is 2.54. The van der Waals surface area contributed by atoms with Gasteiger partial charge in [0.2, 0.25) is 5.91 Å². The first-order valence-corrected chi connectivity index (χ1v) is 5.38. The van der Waals surface area contributed by atoms with E-state index in [9.17, 15) is 4.79 Å². The lowest BCUT2D eigenvalue weighted by Crippen LogP contribution is -2.26. The minimum atomic E-state index is 0.0572. The zero-order valence-corrected chi connectivity index (χ0v) is 9.86. The molecule has 0 fully saturated rings. The van der Waals surface area contributed by atoms with Crippen LogP contribution >= 0.6 is 0 Å².